The van der Waals surface area contributed by atoms with Crippen LogP contribution in [0.2, 0.25) is 5.02 Å². The van der Waals surface area contributed by atoms with E-state index in [0.29, 0.717) is 10.7 Å². The first-order chi connectivity index (χ1) is 13.4. The predicted molar refractivity (Wildman–Crippen MR) is 118 cm³/mol. The molecule has 8 heteroatoms. The topological polar surface area (TPSA) is 86.9 Å². The van der Waals surface area contributed by atoms with E-state index in [2.05, 4.69) is 16.7 Å². The standard InChI is InChI=1S/C21H21ClN4O2.ClH/c1-13-15(7-14-3-5-24-6-4-14)8-17(22)11-19(13)25-21(28)16-9-18(12-23)26(2)20(27)10-16;/h7-11,24H,3-6H2,1-2H3,(H,25,28);1H. The van der Waals surface area contributed by atoms with Crippen molar-refractivity contribution in [1.82, 2.24) is 9.88 Å². The van der Waals surface area contributed by atoms with Crippen molar-refractivity contribution >= 4 is 41.7 Å². The van der Waals surface area contributed by atoms with E-state index in [1.165, 1.54) is 29.3 Å². The van der Waals surface area contributed by atoms with Crippen molar-refractivity contribution < 1.29 is 4.79 Å². The summed E-state index contributed by atoms with van der Waals surface area (Å²) in [6.45, 7) is 3.84. The zero-order valence-electron chi connectivity index (χ0n) is 16.2. The number of piperidine rings is 1. The van der Waals surface area contributed by atoms with E-state index < -0.39 is 11.5 Å². The smallest absolute Gasteiger partial charge is 0.255 e. The summed E-state index contributed by atoms with van der Waals surface area (Å²) < 4.78 is 1.20. The molecule has 0 aliphatic carbocycles. The summed E-state index contributed by atoms with van der Waals surface area (Å²) in [4.78, 5) is 24.6. The van der Waals surface area contributed by atoms with Crippen molar-refractivity contribution in [3.05, 3.63) is 67.6 Å². The highest BCUT2D eigenvalue weighted by Crippen LogP contribution is 2.28. The van der Waals surface area contributed by atoms with Crippen LogP contribution in [0.4, 0.5) is 5.69 Å². The fourth-order valence-corrected chi connectivity index (χ4v) is 3.39. The lowest BCUT2D eigenvalue weighted by atomic mass is 9.99. The molecular weight excluding hydrogens is 411 g/mol. The highest BCUT2D eigenvalue weighted by Gasteiger charge is 2.14. The minimum absolute atomic E-state index is 0. The second-order valence-corrected chi connectivity index (χ2v) is 7.25. The highest BCUT2D eigenvalue weighted by atomic mass is 35.5. The van der Waals surface area contributed by atoms with E-state index in [1.807, 2.05) is 19.1 Å². The summed E-state index contributed by atoms with van der Waals surface area (Å²) in [6, 6.07) is 8.10. The molecule has 6 nitrogen and oxygen atoms in total. The number of hydrogen-bond acceptors (Lipinski definition) is 4. The number of halogens is 2. The fraction of sp³-hybridized carbons (Fsp3) is 0.286. The Morgan fingerprint density at radius 2 is 1.97 bits per heavy atom. The second kappa shape index (κ2) is 9.75. The molecule has 0 atom stereocenters. The Balaban J connectivity index is 0.00000300. The molecule has 1 saturated heterocycles. The van der Waals surface area contributed by atoms with Crippen molar-refractivity contribution in [2.24, 2.45) is 7.05 Å². The molecule has 1 aliphatic heterocycles. The van der Waals surface area contributed by atoms with Gasteiger partial charge in [-0.05, 0) is 62.2 Å². The van der Waals surface area contributed by atoms with Gasteiger partial charge in [0.2, 0.25) is 0 Å². The maximum Gasteiger partial charge on any atom is 0.255 e. The van der Waals surface area contributed by atoms with Crippen LogP contribution in [0.3, 0.4) is 0 Å². The summed E-state index contributed by atoms with van der Waals surface area (Å²) in [7, 11) is 1.49. The fourth-order valence-electron chi connectivity index (χ4n) is 3.16. The molecule has 0 radical (unpaired) electrons. The molecule has 0 spiro atoms. The monoisotopic (exact) mass is 432 g/mol. The van der Waals surface area contributed by atoms with Gasteiger partial charge in [-0.3, -0.25) is 9.59 Å². The van der Waals surface area contributed by atoms with Crippen molar-refractivity contribution in [3.8, 4) is 6.07 Å². The number of aromatic nitrogens is 1. The van der Waals surface area contributed by atoms with E-state index in [4.69, 9.17) is 16.9 Å². The Morgan fingerprint density at radius 3 is 2.62 bits per heavy atom. The van der Waals surface area contributed by atoms with Crippen LogP contribution in [0.25, 0.3) is 6.08 Å². The van der Waals surface area contributed by atoms with Crippen molar-refractivity contribution in [2.45, 2.75) is 19.8 Å². The number of nitrogens with zero attached hydrogens (tertiary/aromatic N) is 2. The van der Waals surface area contributed by atoms with Crippen molar-refractivity contribution in [1.29, 1.82) is 5.26 Å². The average molecular weight is 433 g/mol. The second-order valence-electron chi connectivity index (χ2n) is 6.81. The number of carbonyl (C=O) groups excluding carboxylic acids is 1. The summed E-state index contributed by atoms with van der Waals surface area (Å²) >= 11 is 6.27. The number of amides is 1. The van der Waals surface area contributed by atoms with Crippen LogP contribution in [0.15, 0.2) is 34.6 Å². The first-order valence-corrected chi connectivity index (χ1v) is 9.39. The Hall–Kier alpha value is -2.59. The lowest BCUT2D eigenvalue weighted by molar-refractivity contribution is 0.102. The average Bonchev–Trinajstić information content (AvgIpc) is 2.68. The van der Waals surface area contributed by atoms with E-state index in [-0.39, 0.29) is 23.7 Å². The summed E-state index contributed by atoms with van der Waals surface area (Å²) in [5, 5.41) is 15.8. The van der Waals surface area contributed by atoms with Gasteiger partial charge in [0.15, 0.2) is 0 Å². The molecule has 0 bridgehead atoms. The third-order valence-corrected chi connectivity index (χ3v) is 5.12. The number of nitriles is 1. The molecule has 1 aliphatic rings. The van der Waals surface area contributed by atoms with Crippen molar-refractivity contribution in [2.75, 3.05) is 18.4 Å². The zero-order chi connectivity index (χ0) is 20.3. The minimum Gasteiger partial charge on any atom is -0.322 e. The summed E-state index contributed by atoms with van der Waals surface area (Å²) in [5.41, 5.74) is 3.62. The van der Waals surface area contributed by atoms with Gasteiger partial charge >= 0.3 is 0 Å². The van der Waals surface area contributed by atoms with E-state index in [9.17, 15) is 9.59 Å². The largest absolute Gasteiger partial charge is 0.322 e. The molecule has 2 N–H and O–H groups in total. The molecule has 0 saturated carbocycles. The number of carbonyl (C=O) groups is 1. The quantitative estimate of drug-likeness (QED) is 0.774. The Morgan fingerprint density at radius 1 is 1.28 bits per heavy atom. The van der Waals surface area contributed by atoms with Gasteiger partial charge in [0.1, 0.15) is 11.8 Å². The van der Waals surface area contributed by atoms with Crippen LogP contribution in [-0.2, 0) is 7.05 Å². The molecule has 29 heavy (non-hydrogen) atoms. The third kappa shape index (κ3) is 5.27. The van der Waals surface area contributed by atoms with Gasteiger partial charge in [-0.1, -0.05) is 23.3 Å². The molecule has 1 fully saturated rings. The first-order valence-electron chi connectivity index (χ1n) is 9.02. The molecule has 1 amide bonds. The Labute approximate surface area is 180 Å². The zero-order valence-corrected chi connectivity index (χ0v) is 17.8. The molecule has 1 aromatic heterocycles. The van der Waals surface area contributed by atoms with Crippen LogP contribution < -0.4 is 16.2 Å². The van der Waals surface area contributed by atoms with Crippen LogP contribution in [-0.4, -0.2) is 23.6 Å². The SMILES string of the molecule is Cc1c(C=C2CCNCC2)cc(Cl)cc1NC(=O)c1cc(C#N)n(C)c(=O)c1.Cl. The molecule has 2 heterocycles. The van der Waals surface area contributed by atoms with Gasteiger partial charge in [0.05, 0.1) is 0 Å². The van der Waals surface area contributed by atoms with E-state index in [0.717, 1.165) is 37.1 Å². The number of hydrogen-bond donors (Lipinski definition) is 2. The normalized spacial score (nSPS) is 13.2. The number of pyridine rings is 1. The maximum absolute atomic E-state index is 12.7. The number of nitrogens with one attached hydrogen (secondary N) is 2. The van der Waals surface area contributed by atoms with Crippen LogP contribution in [0.1, 0.15) is 40.0 Å². The molecule has 0 unspecified atom stereocenters. The van der Waals surface area contributed by atoms with Crippen LogP contribution in [0.5, 0.6) is 0 Å². The molecule has 3 rings (SSSR count). The van der Waals surface area contributed by atoms with Gasteiger partial charge in [-0.25, -0.2) is 0 Å². The van der Waals surface area contributed by atoms with Crippen LogP contribution >= 0.6 is 24.0 Å². The lowest BCUT2D eigenvalue weighted by Crippen LogP contribution is -2.23. The van der Waals surface area contributed by atoms with E-state index in [1.54, 1.807) is 6.07 Å². The van der Waals surface area contributed by atoms with Gasteiger partial charge in [0, 0.05) is 29.4 Å². The molecule has 152 valence electrons. The maximum atomic E-state index is 12.7. The minimum atomic E-state index is -0.458. The Kier molecular flexibility index (Phi) is 7.63. The Bertz CT molecular complexity index is 1060. The first kappa shape index (κ1) is 22.7. The van der Waals surface area contributed by atoms with Gasteiger partial charge in [-0.15, -0.1) is 12.4 Å². The number of anilines is 1. The molecular formula is C21H22Cl2N4O2. The highest BCUT2D eigenvalue weighted by molar-refractivity contribution is 6.31. The van der Waals surface area contributed by atoms with E-state index >= 15 is 0 Å². The van der Waals surface area contributed by atoms with Gasteiger partial charge in [-0.2, -0.15) is 5.26 Å². The third-order valence-electron chi connectivity index (χ3n) is 4.91. The molecule has 2 aromatic rings. The van der Waals surface area contributed by atoms with Gasteiger partial charge in [0.25, 0.3) is 11.5 Å². The number of benzene rings is 1. The molecule has 1 aromatic carbocycles. The van der Waals surface area contributed by atoms with Crippen molar-refractivity contribution in [3.63, 3.8) is 0 Å². The summed E-state index contributed by atoms with van der Waals surface area (Å²) in [5.74, 6) is -0.458. The number of rotatable bonds is 3. The summed E-state index contributed by atoms with van der Waals surface area (Å²) in [6.07, 6.45) is 4.10. The predicted octanol–water partition coefficient (Wildman–Crippen LogP) is 3.66. The van der Waals surface area contributed by atoms with Crippen LogP contribution in [0, 0.1) is 18.3 Å². The lowest BCUT2D eigenvalue weighted by Gasteiger charge is -2.17. The van der Waals surface area contributed by atoms with Gasteiger partial charge < -0.3 is 15.2 Å².